The Bertz CT molecular complexity index is 1620. The summed E-state index contributed by atoms with van der Waals surface area (Å²) in [4.78, 5) is 26.8. The van der Waals surface area contributed by atoms with E-state index in [1.807, 2.05) is 71.6 Å². The number of nitrogen functional groups attached to an aromatic ring is 1. The predicted octanol–water partition coefficient (Wildman–Crippen LogP) is 5.01. The van der Waals surface area contributed by atoms with Crippen LogP contribution in [0.3, 0.4) is 0 Å². The lowest BCUT2D eigenvalue weighted by atomic mass is 10.1. The molecule has 3 aromatic heterocycles. The van der Waals surface area contributed by atoms with Gasteiger partial charge in [0.05, 0.1) is 46.2 Å². The van der Waals surface area contributed by atoms with Crippen molar-refractivity contribution in [2.24, 2.45) is 0 Å². The number of thiophene rings is 1. The number of benzene rings is 2. The average Bonchev–Trinajstić information content (AvgIpc) is 3.60. The van der Waals surface area contributed by atoms with Gasteiger partial charge in [0.25, 0.3) is 0 Å². The first-order valence-electron chi connectivity index (χ1n) is 12.9. The number of rotatable bonds is 9. The second-order valence-corrected chi connectivity index (χ2v) is 11.5. The molecule has 6 rings (SSSR count). The van der Waals surface area contributed by atoms with Crippen molar-refractivity contribution in [1.29, 1.82) is 0 Å². The number of nitrogens with zero attached hydrogens (tertiary/aromatic N) is 5. The molecule has 2 N–H and O–H groups in total. The summed E-state index contributed by atoms with van der Waals surface area (Å²) in [5, 5.41) is 5.03. The van der Waals surface area contributed by atoms with E-state index in [9.17, 15) is 4.79 Å². The molecule has 40 heavy (non-hydrogen) atoms. The molecule has 0 bridgehead atoms. The number of amides is 1. The van der Waals surface area contributed by atoms with Gasteiger partial charge in [-0.25, -0.2) is 9.97 Å². The molecule has 1 saturated heterocycles. The molecule has 9 nitrogen and oxygen atoms in total. The van der Waals surface area contributed by atoms with Crippen LogP contribution in [0, 0.1) is 0 Å². The number of carbonyl (C=O) groups is 1. The number of ether oxygens (including phenoxy) is 1. The lowest BCUT2D eigenvalue weighted by Crippen LogP contribution is -2.57. The van der Waals surface area contributed by atoms with E-state index in [0.29, 0.717) is 48.8 Å². The lowest BCUT2D eigenvalue weighted by molar-refractivity contribution is -0.143. The van der Waals surface area contributed by atoms with Crippen molar-refractivity contribution in [3.05, 3.63) is 94.2 Å². The van der Waals surface area contributed by atoms with Crippen LogP contribution in [-0.4, -0.2) is 56.6 Å². The number of piperazine rings is 1. The SMILES string of the molecule is Nc1ncnc2cc(CN3C(=O)CN(Cc4cc(-c5ccc(Cl)s5)on4)C[C@@H]3COCc3ccccc3)ccc12. The van der Waals surface area contributed by atoms with E-state index in [0.717, 1.165) is 32.6 Å². The quantitative estimate of drug-likeness (QED) is 0.261. The van der Waals surface area contributed by atoms with Crippen molar-refractivity contribution < 1.29 is 14.1 Å². The summed E-state index contributed by atoms with van der Waals surface area (Å²) < 4.78 is 12.4. The van der Waals surface area contributed by atoms with Gasteiger partial charge < -0.3 is 19.9 Å². The molecule has 5 aromatic rings. The number of carbonyl (C=O) groups excluding carboxylic acids is 1. The van der Waals surface area contributed by atoms with E-state index < -0.39 is 0 Å². The Kier molecular flexibility index (Phi) is 7.74. The third-order valence-corrected chi connectivity index (χ3v) is 8.10. The zero-order valence-corrected chi connectivity index (χ0v) is 23.1. The van der Waals surface area contributed by atoms with Crippen LogP contribution in [0.1, 0.15) is 16.8 Å². The standard InChI is InChI=1S/C29H27ClN6O3S/c30-27-9-8-26(40-27)25-11-21(34-39-25)13-35-14-22(17-38-16-19-4-2-1-3-5-19)36(28(37)15-35)12-20-6-7-23-24(10-20)32-18-33-29(23)31/h1-11,18,22H,12-17H2,(H2,31,32,33)/t22-/m1/s1. The van der Waals surface area contributed by atoms with E-state index >= 15 is 0 Å². The van der Waals surface area contributed by atoms with Crippen molar-refractivity contribution in [2.75, 3.05) is 25.4 Å². The Balaban J connectivity index is 1.18. The summed E-state index contributed by atoms with van der Waals surface area (Å²) in [5.41, 5.74) is 9.56. The van der Waals surface area contributed by atoms with Gasteiger partial charge in [0.15, 0.2) is 5.76 Å². The van der Waals surface area contributed by atoms with Gasteiger partial charge in [-0.2, -0.15) is 0 Å². The van der Waals surface area contributed by atoms with Crippen LogP contribution >= 0.6 is 22.9 Å². The smallest absolute Gasteiger partial charge is 0.237 e. The Morgan fingerprint density at radius 2 is 1.93 bits per heavy atom. The fourth-order valence-corrected chi connectivity index (χ4v) is 5.90. The number of nitrogens with two attached hydrogens (primary N) is 1. The molecule has 1 atom stereocenters. The van der Waals surface area contributed by atoms with Crippen molar-refractivity contribution >= 4 is 45.6 Å². The van der Waals surface area contributed by atoms with E-state index in [4.69, 9.17) is 26.6 Å². The van der Waals surface area contributed by atoms with Crippen molar-refractivity contribution in [1.82, 2.24) is 24.9 Å². The molecule has 1 fully saturated rings. The van der Waals surface area contributed by atoms with Gasteiger partial charge in [-0.15, -0.1) is 11.3 Å². The molecule has 1 aliphatic rings. The summed E-state index contributed by atoms with van der Waals surface area (Å²) in [5.74, 6) is 1.13. The average molecular weight is 575 g/mol. The van der Waals surface area contributed by atoms with Crippen LogP contribution in [0.4, 0.5) is 5.82 Å². The number of aromatic nitrogens is 3. The van der Waals surface area contributed by atoms with Gasteiger partial charge in [0.1, 0.15) is 12.1 Å². The Morgan fingerprint density at radius 1 is 1.05 bits per heavy atom. The third-order valence-electron chi connectivity index (χ3n) is 6.86. The highest BCUT2D eigenvalue weighted by atomic mass is 35.5. The van der Waals surface area contributed by atoms with Crippen LogP contribution in [0.15, 0.2) is 77.6 Å². The fraction of sp³-hybridized carbons (Fsp3) is 0.241. The van der Waals surface area contributed by atoms with Gasteiger partial charge in [0.2, 0.25) is 5.91 Å². The minimum atomic E-state index is -0.154. The zero-order valence-electron chi connectivity index (χ0n) is 21.6. The molecule has 1 aliphatic heterocycles. The largest absolute Gasteiger partial charge is 0.383 e. The number of anilines is 1. The molecule has 1 amide bonds. The van der Waals surface area contributed by atoms with Gasteiger partial charge in [0, 0.05) is 31.1 Å². The highest BCUT2D eigenvalue weighted by Crippen LogP contribution is 2.31. The molecule has 204 valence electrons. The van der Waals surface area contributed by atoms with E-state index in [1.54, 1.807) is 0 Å². The number of hydrogen-bond acceptors (Lipinski definition) is 9. The first-order chi connectivity index (χ1) is 19.5. The summed E-state index contributed by atoms with van der Waals surface area (Å²) in [6.45, 7) is 2.71. The molecule has 0 aliphatic carbocycles. The molecule has 11 heteroatoms. The van der Waals surface area contributed by atoms with E-state index in [-0.39, 0.29) is 18.5 Å². The van der Waals surface area contributed by atoms with Crippen molar-refractivity contribution in [3.63, 3.8) is 0 Å². The second-order valence-electron chi connectivity index (χ2n) is 9.74. The monoisotopic (exact) mass is 574 g/mol. The lowest BCUT2D eigenvalue weighted by Gasteiger charge is -2.41. The van der Waals surface area contributed by atoms with Gasteiger partial charge in [-0.3, -0.25) is 9.69 Å². The highest BCUT2D eigenvalue weighted by Gasteiger charge is 2.33. The Hall–Kier alpha value is -3.83. The van der Waals surface area contributed by atoms with Crippen molar-refractivity contribution in [2.45, 2.75) is 25.7 Å². The summed E-state index contributed by atoms with van der Waals surface area (Å²) in [7, 11) is 0. The second kappa shape index (κ2) is 11.7. The molecule has 0 spiro atoms. The van der Waals surface area contributed by atoms with E-state index in [2.05, 4.69) is 20.0 Å². The molecular formula is C29H27ClN6O3S. The van der Waals surface area contributed by atoms with Crippen LogP contribution in [0.5, 0.6) is 0 Å². The molecule has 2 aromatic carbocycles. The summed E-state index contributed by atoms with van der Waals surface area (Å²) >= 11 is 7.51. The number of fused-ring (bicyclic) bond motifs is 1. The van der Waals surface area contributed by atoms with Crippen LogP contribution in [0.25, 0.3) is 21.5 Å². The first-order valence-corrected chi connectivity index (χ1v) is 14.0. The van der Waals surface area contributed by atoms with E-state index in [1.165, 1.54) is 17.7 Å². The fourth-order valence-electron chi connectivity index (χ4n) is 4.91. The minimum Gasteiger partial charge on any atom is -0.383 e. The normalized spacial score (nSPS) is 16.2. The van der Waals surface area contributed by atoms with Gasteiger partial charge in [-0.1, -0.05) is 53.2 Å². The predicted molar refractivity (Wildman–Crippen MR) is 154 cm³/mol. The Morgan fingerprint density at radius 3 is 2.75 bits per heavy atom. The summed E-state index contributed by atoms with van der Waals surface area (Å²) in [6.07, 6.45) is 1.45. The van der Waals surface area contributed by atoms with Crippen LogP contribution < -0.4 is 5.73 Å². The van der Waals surface area contributed by atoms with Crippen molar-refractivity contribution in [3.8, 4) is 10.6 Å². The number of hydrogen-bond donors (Lipinski definition) is 1. The summed E-state index contributed by atoms with van der Waals surface area (Å²) in [6, 6.07) is 21.3. The third kappa shape index (κ3) is 6.00. The van der Waals surface area contributed by atoms with Gasteiger partial charge >= 0.3 is 0 Å². The zero-order chi connectivity index (χ0) is 27.5. The molecular weight excluding hydrogens is 548 g/mol. The maximum absolute atomic E-state index is 13.5. The molecule has 0 unspecified atom stereocenters. The molecule has 0 radical (unpaired) electrons. The first kappa shape index (κ1) is 26.4. The topological polar surface area (TPSA) is 111 Å². The van der Waals surface area contributed by atoms with Gasteiger partial charge in [-0.05, 0) is 35.4 Å². The molecule has 0 saturated carbocycles. The van der Waals surface area contributed by atoms with Crippen LogP contribution in [0.2, 0.25) is 4.34 Å². The maximum atomic E-state index is 13.5. The molecule has 4 heterocycles. The van der Waals surface area contributed by atoms with Crippen LogP contribution in [-0.2, 0) is 29.2 Å². The Labute approximate surface area is 240 Å². The highest BCUT2D eigenvalue weighted by molar-refractivity contribution is 7.19. The maximum Gasteiger partial charge on any atom is 0.237 e. The number of halogens is 1. The minimum absolute atomic E-state index is 0.0237.